The van der Waals surface area contributed by atoms with Crippen LogP contribution in [-0.2, 0) is 12.8 Å². The molecule has 0 radical (unpaired) electrons. The zero-order chi connectivity index (χ0) is 16.7. The van der Waals surface area contributed by atoms with E-state index in [0.29, 0.717) is 17.2 Å². The normalized spacial score (nSPS) is 12.0. The van der Waals surface area contributed by atoms with Crippen LogP contribution in [0.3, 0.4) is 0 Å². The van der Waals surface area contributed by atoms with Crippen LogP contribution in [0.5, 0.6) is 5.75 Å². The highest BCUT2D eigenvalue weighted by molar-refractivity contribution is 6.67. The second-order valence-electron chi connectivity index (χ2n) is 6.03. The smallest absolute Gasteiger partial charge is 0.252 e. The van der Waals surface area contributed by atoms with Gasteiger partial charge in [-0.05, 0) is 66.1 Å². The summed E-state index contributed by atoms with van der Waals surface area (Å²) >= 11 is 5.60. The number of hydrogen-bond donors (Lipinski definition) is 0. The predicted octanol–water partition coefficient (Wildman–Crippen LogP) is 5.28. The van der Waals surface area contributed by atoms with Crippen LogP contribution in [0.1, 0.15) is 41.3 Å². The Hall–Kier alpha value is -1.80. The van der Waals surface area contributed by atoms with Crippen molar-refractivity contribution in [3.8, 4) is 5.75 Å². The Balaban J connectivity index is 1.90. The molecule has 0 heterocycles. The van der Waals surface area contributed by atoms with Crippen LogP contribution in [0.15, 0.2) is 48.5 Å². The Bertz CT molecular complexity index is 637. The van der Waals surface area contributed by atoms with Crippen LogP contribution in [0, 0.1) is 5.92 Å². The van der Waals surface area contributed by atoms with Gasteiger partial charge in [-0.3, -0.25) is 4.79 Å². The first-order valence-electron chi connectivity index (χ1n) is 8.00. The van der Waals surface area contributed by atoms with Crippen LogP contribution >= 0.6 is 11.6 Å². The molecule has 0 bridgehead atoms. The van der Waals surface area contributed by atoms with Gasteiger partial charge in [0.15, 0.2) is 0 Å². The highest BCUT2D eigenvalue weighted by Gasteiger charge is 2.10. The van der Waals surface area contributed by atoms with Crippen LogP contribution in [0.4, 0.5) is 0 Å². The van der Waals surface area contributed by atoms with E-state index in [4.69, 9.17) is 16.3 Å². The number of benzene rings is 2. The number of hydrogen-bond acceptors (Lipinski definition) is 2. The molecule has 0 N–H and O–H groups in total. The van der Waals surface area contributed by atoms with E-state index in [1.54, 1.807) is 13.2 Å². The molecule has 23 heavy (non-hydrogen) atoms. The molecule has 2 nitrogen and oxygen atoms in total. The molecule has 0 aromatic heterocycles. The third-order valence-electron chi connectivity index (χ3n) is 4.02. The zero-order valence-corrected chi connectivity index (χ0v) is 14.5. The molecule has 2 aromatic rings. The minimum atomic E-state index is -0.443. The van der Waals surface area contributed by atoms with E-state index in [-0.39, 0.29) is 0 Å². The molecule has 0 spiro atoms. The molecular weight excluding hydrogens is 308 g/mol. The van der Waals surface area contributed by atoms with Gasteiger partial charge in [0.2, 0.25) is 0 Å². The van der Waals surface area contributed by atoms with E-state index in [1.165, 1.54) is 5.56 Å². The number of halogens is 1. The number of methoxy groups -OCH3 is 1. The van der Waals surface area contributed by atoms with E-state index in [9.17, 15) is 4.79 Å². The molecule has 2 rings (SSSR count). The van der Waals surface area contributed by atoms with E-state index in [0.717, 1.165) is 31.2 Å². The quantitative estimate of drug-likeness (QED) is 0.616. The Morgan fingerprint density at radius 3 is 2.52 bits per heavy atom. The topological polar surface area (TPSA) is 26.3 Å². The number of ether oxygens (including phenoxy) is 1. The molecule has 1 atom stereocenters. The van der Waals surface area contributed by atoms with E-state index < -0.39 is 5.24 Å². The van der Waals surface area contributed by atoms with Crippen molar-refractivity contribution < 1.29 is 9.53 Å². The van der Waals surface area contributed by atoms with Gasteiger partial charge in [-0.2, -0.15) is 0 Å². The standard InChI is InChI=1S/C20H23ClO2/c1-15(7-6-10-16-8-4-3-5-9-16)11-17-12-18(20(21)22)14-19(13-17)23-2/h3-5,8-9,12-15H,6-7,10-11H2,1-2H3/t15-/m1/s1. The first kappa shape index (κ1) is 17.6. The Labute approximate surface area is 143 Å². The molecule has 0 unspecified atom stereocenters. The van der Waals surface area contributed by atoms with Gasteiger partial charge in [0.05, 0.1) is 7.11 Å². The van der Waals surface area contributed by atoms with Crippen molar-refractivity contribution in [1.82, 2.24) is 0 Å². The van der Waals surface area contributed by atoms with Crippen LogP contribution in [0.25, 0.3) is 0 Å². The number of aryl methyl sites for hydroxylation is 1. The van der Waals surface area contributed by atoms with Crippen molar-refractivity contribution in [1.29, 1.82) is 0 Å². The molecule has 0 aliphatic carbocycles. The Kier molecular flexibility index (Phi) is 6.66. The van der Waals surface area contributed by atoms with Crippen molar-refractivity contribution in [2.24, 2.45) is 5.92 Å². The first-order chi connectivity index (χ1) is 11.1. The maximum absolute atomic E-state index is 11.4. The summed E-state index contributed by atoms with van der Waals surface area (Å²) in [5, 5.41) is -0.443. The van der Waals surface area contributed by atoms with Gasteiger partial charge in [-0.1, -0.05) is 43.7 Å². The van der Waals surface area contributed by atoms with E-state index in [1.807, 2.05) is 18.2 Å². The molecule has 0 saturated heterocycles. The van der Waals surface area contributed by atoms with Gasteiger partial charge >= 0.3 is 0 Å². The second kappa shape index (κ2) is 8.73. The van der Waals surface area contributed by atoms with E-state index in [2.05, 4.69) is 31.2 Å². The van der Waals surface area contributed by atoms with Crippen molar-refractivity contribution in [3.63, 3.8) is 0 Å². The summed E-state index contributed by atoms with van der Waals surface area (Å²) in [6, 6.07) is 16.1. The van der Waals surface area contributed by atoms with Gasteiger partial charge in [-0.25, -0.2) is 0 Å². The lowest BCUT2D eigenvalue weighted by atomic mass is 9.94. The third-order valence-corrected chi connectivity index (χ3v) is 4.24. The summed E-state index contributed by atoms with van der Waals surface area (Å²) < 4.78 is 5.26. The molecule has 0 aliphatic rings. The van der Waals surface area contributed by atoms with Gasteiger partial charge in [0, 0.05) is 5.56 Å². The fourth-order valence-corrected chi connectivity index (χ4v) is 2.92. The molecule has 0 aliphatic heterocycles. The first-order valence-corrected chi connectivity index (χ1v) is 8.38. The van der Waals surface area contributed by atoms with Crippen molar-refractivity contribution in [3.05, 3.63) is 65.2 Å². The predicted molar refractivity (Wildman–Crippen MR) is 95.4 cm³/mol. The molecule has 0 amide bonds. The minimum absolute atomic E-state index is 0.443. The van der Waals surface area contributed by atoms with Gasteiger partial charge < -0.3 is 4.74 Å². The number of carbonyl (C=O) groups is 1. The van der Waals surface area contributed by atoms with Crippen molar-refractivity contribution in [2.75, 3.05) is 7.11 Å². The maximum atomic E-state index is 11.4. The fraction of sp³-hybridized carbons (Fsp3) is 0.350. The molecule has 3 heteroatoms. The average molecular weight is 331 g/mol. The monoisotopic (exact) mass is 330 g/mol. The Morgan fingerprint density at radius 1 is 1.13 bits per heavy atom. The summed E-state index contributed by atoms with van der Waals surface area (Å²) in [4.78, 5) is 11.4. The highest BCUT2D eigenvalue weighted by atomic mass is 35.5. The van der Waals surface area contributed by atoms with Gasteiger partial charge in [0.1, 0.15) is 5.75 Å². The average Bonchev–Trinajstić information content (AvgIpc) is 2.55. The summed E-state index contributed by atoms with van der Waals surface area (Å²) in [6.45, 7) is 2.24. The summed E-state index contributed by atoms with van der Waals surface area (Å²) in [5.41, 5.74) is 2.98. The molecule has 122 valence electrons. The SMILES string of the molecule is COc1cc(C[C@H](C)CCCc2ccccc2)cc(C(=O)Cl)c1. The van der Waals surface area contributed by atoms with E-state index >= 15 is 0 Å². The molecule has 0 fully saturated rings. The lowest BCUT2D eigenvalue weighted by Gasteiger charge is -2.13. The number of carbonyl (C=O) groups excluding carboxylic acids is 1. The van der Waals surface area contributed by atoms with Gasteiger partial charge in [0.25, 0.3) is 5.24 Å². The lowest BCUT2D eigenvalue weighted by molar-refractivity contribution is 0.108. The summed E-state index contributed by atoms with van der Waals surface area (Å²) in [6.07, 6.45) is 4.34. The van der Waals surface area contributed by atoms with Crippen molar-refractivity contribution in [2.45, 2.75) is 32.6 Å². The van der Waals surface area contributed by atoms with Crippen molar-refractivity contribution >= 4 is 16.8 Å². The van der Waals surface area contributed by atoms with Crippen LogP contribution in [0.2, 0.25) is 0 Å². The summed E-state index contributed by atoms with van der Waals surface area (Å²) in [7, 11) is 1.60. The summed E-state index contributed by atoms with van der Waals surface area (Å²) in [5.74, 6) is 1.23. The number of rotatable bonds is 8. The van der Waals surface area contributed by atoms with Crippen LogP contribution < -0.4 is 4.74 Å². The maximum Gasteiger partial charge on any atom is 0.252 e. The zero-order valence-electron chi connectivity index (χ0n) is 13.7. The lowest BCUT2D eigenvalue weighted by Crippen LogP contribution is -2.03. The Morgan fingerprint density at radius 2 is 1.87 bits per heavy atom. The third kappa shape index (κ3) is 5.72. The molecule has 2 aromatic carbocycles. The van der Waals surface area contributed by atoms with Gasteiger partial charge in [-0.15, -0.1) is 0 Å². The fourth-order valence-electron chi connectivity index (χ4n) is 2.81. The molecular formula is C20H23ClO2. The molecule has 0 saturated carbocycles. The largest absolute Gasteiger partial charge is 0.497 e. The van der Waals surface area contributed by atoms with Crippen LogP contribution in [-0.4, -0.2) is 12.4 Å². The second-order valence-corrected chi connectivity index (χ2v) is 6.37. The minimum Gasteiger partial charge on any atom is -0.497 e. The highest BCUT2D eigenvalue weighted by Crippen LogP contribution is 2.22.